The molecule has 2 aliphatic rings. The highest BCUT2D eigenvalue weighted by Crippen LogP contribution is 2.40. The van der Waals surface area contributed by atoms with Gasteiger partial charge in [0.2, 0.25) is 0 Å². The molecule has 1 aliphatic carbocycles. The fraction of sp³-hybridized carbons (Fsp3) is 0.333. The SMILES string of the molecule is Cc1nc2c(=O)n(C3CC3)c3c(C)c(-c4ccc5c(c4)CCNC5)ccc3c2o1. The lowest BCUT2D eigenvalue weighted by Gasteiger charge is -2.19. The largest absolute Gasteiger partial charge is 0.440 e. The quantitative estimate of drug-likeness (QED) is 0.555. The van der Waals surface area contributed by atoms with Crippen LogP contribution in [0, 0.1) is 13.8 Å². The molecule has 2 aromatic carbocycles. The highest BCUT2D eigenvalue weighted by atomic mass is 16.3. The van der Waals surface area contributed by atoms with Crippen molar-refractivity contribution in [1.82, 2.24) is 14.9 Å². The van der Waals surface area contributed by atoms with Crippen molar-refractivity contribution in [3.05, 3.63) is 63.3 Å². The van der Waals surface area contributed by atoms with Crippen LogP contribution in [0.2, 0.25) is 0 Å². The van der Waals surface area contributed by atoms with Gasteiger partial charge in [-0.15, -0.1) is 0 Å². The van der Waals surface area contributed by atoms with Gasteiger partial charge in [-0.05, 0) is 66.6 Å². The molecule has 0 radical (unpaired) electrons. The maximum Gasteiger partial charge on any atom is 0.281 e. The topological polar surface area (TPSA) is 60.1 Å². The number of aromatic nitrogens is 2. The molecule has 0 saturated heterocycles. The number of pyridine rings is 1. The van der Waals surface area contributed by atoms with Gasteiger partial charge in [-0.3, -0.25) is 4.79 Å². The van der Waals surface area contributed by atoms with Crippen LogP contribution in [-0.2, 0) is 13.0 Å². The summed E-state index contributed by atoms with van der Waals surface area (Å²) in [6.07, 6.45) is 3.15. The molecule has 4 aromatic rings. The summed E-state index contributed by atoms with van der Waals surface area (Å²) in [6, 6.07) is 11.3. The second kappa shape index (κ2) is 6.04. The smallest absolute Gasteiger partial charge is 0.281 e. The van der Waals surface area contributed by atoms with Crippen LogP contribution in [0.25, 0.3) is 33.1 Å². The molecule has 0 unspecified atom stereocenters. The van der Waals surface area contributed by atoms with Gasteiger partial charge in [0.25, 0.3) is 5.56 Å². The average Bonchev–Trinajstić information content (AvgIpc) is 3.48. The van der Waals surface area contributed by atoms with E-state index in [0.717, 1.165) is 48.8 Å². The van der Waals surface area contributed by atoms with Gasteiger partial charge >= 0.3 is 0 Å². The first kappa shape index (κ1) is 17.0. The molecule has 29 heavy (non-hydrogen) atoms. The number of nitrogens with zero attached hydrogens (tertiary/aromatic N) is 2. The van der Waals surface area contributed by atoms with Crippen LogP contribution in [0.5, 0.6) is 0 Å². The Hall–Kier alpha value is -2.92. The highest BCUT2D eigenvalue weighted by Gasteiger charge is 2.30. The highest BCUT2D eigenvalue weighted by molar-refractivity contribution is 6.04. The molecule has 1 aliphatic heterocycles. The zero-order valence-electron chi connectivity index (χ0n) is 16.7. The van der Waals surface area contributed by atoms with Crippen molar-refractivity contribution in [2.24, 2.45) is 0 Å². The molecular weight excluding hydrogens is 362 g/mol. The Morgan fingerprint density at radius 2 is 2.00 bits per heavy atom. The summed E-state index contributed by atoms with van der Waals surface area (Å²) in [5.41, 5.74) is 8.38. The Balaban J connectivity index is 1.66. The molecule has 1 N–H and O–H groups in total. The van der Waals surface area contributed by atoms with E-state index in [1.54, 1.807) is 6.92 Å². The number of nitrogens with one attached hydrogen (secondary N) is 1. The third kappa shape index (κ3) is 2.50. The molecule has 0 bridgehead atoms. The minimum absolute atomic E-state index is 0.0244. The van der Waals surface area contributed by atoms with Crippen LogP contribution < -0.4 is 10.9 Å². The fourth-order valence-corrected chi connectivity index (χ4v) is 4.80. The van der Waals surface area contributed by atoms with E-state index in [0.29, 0.717) is 17.0 Å². The van der Waals surface area contributed by atoms with Gasteiger partial charge in [0.1, 0.15) is 0 Å². The molecule has 0 amide bonds. The molecule has 0 spiro atoms. The number of rotatable bonds is 2. The molecule has 6 rings (SSSR count). The number of benzene rings is 2. The van der Waals surface area contributed by atoms with E-state index in [1.165, 1.54) is 22.3 Å². The Morgan fingerprint density at radius 1 is 1.14 bits per heavy atom. The molecule has 3 heterocycles. The van der Waals surface area contributed by atoms with Crippen LogP contribution in [-0.4, -0.2) is 16.1 Å². The first-order valence-electron chi connectivity index (χ1n) is 10.4. The van der Waals surface area contributed by atoms with Crippen molar-refractivity contribution in [3.8, 4) is 11.1 Å². The van der Waals surface area contributed by atoms with Crippen molar-refractivity contribution < 1.29 is 4.42 Å². The van der Waals surface area contributed by atoms with Gasteiger partial charge in [-0.2, -0.15) is 0 Å². The second-order valence-corrected chi connectivity index (χ2v) is 8.36. The van der Waals surface area contributed by atoms with E-state index in [2.05, 4.69) is 47.6 Å². The van der Waals surface area contributed by atoms with E-state index in [4.69, 9.17) is 4.42 Å². The van der Waals surface area contributed by atoms with E-state index in [9.17, 15) is 4.79 Å². The van der Waals surface area contributed by atoms with E-state index in [1.807, 2.05) is 4.57 Å². The monoisotopic (exact) mass is 385 g/mol. The van der Waals surface area contributed by atoms with Gasteiger partial charge in [0.15, 0.2) is 17.0 Å². The van der Waals surface area contributed by atoms with Crippen molar-refractivity contribution in [2.45, 2.75) is 45.7 Å². The molecule has 5 heteroatoms. The fourth-order valence-electron chi connectivity index (χ4n) is 4.80. The Labute approximate surface area is 168 Å². The molecule has 0 atom stereocenters. The zero-order chi connectivity index (χ0) is 19.7. The summed E-state index contributed by atoms with van der Waals surface area (Å²) < 4.78 is 7.83. The van der Waals surface area contributed by atoms with Gasteiger partial charge < -0.3 is 14.3 Å². The van der Waals surface area contributed by atoms with Gasteiger partial charge in [0, 0.05) is 24.9 Å². The molecule has 146 valence electrons. The number of fused-ring (bicyclic) bond motifs is 4. The lowest BCUT2D eigenvalue weighted by molar-refractivity contribution is 0.563. The summed E-state index contributed by atoms with van der Waals surface area (Å²) in [5, 5.41) is 4.42. The molecule has 1 saturated carbocycles. The average molecular weight is 385 g/mol. The van der Waals surface area contributed by atoms with Crippen molar-refractivity contribution in [3.63, 3.8) is 0 Å². The maximum absolute atomic E-state index is 13.3. The Morgan fingerprint density at radius 3 is 2.83 bits per heavy atom. The van der Waals surface area contributed by atoms with Gasteiger partial charge in [-0.1, -0.05) is 24.3 Å². The Kier molecular flexibility index (Phi) is 3.54. The number of aryl methyl sites for hydroxylation is 2. The van der Waals surface area contributed by atoms with Gasteiger partial charge in [-0.25, -0.2) is 4.98 Å². The lowest BCUT2D eigenvalue weighted by atomic mass is 9.92. The van der Waals surface area contributed by atoms with Crippen LogP contribution in [0.15, 0.2) is 39.5 Å². The van der Waals surface area contributed by atoms with Crippen LogP contribution in [0.3, 0.4) is 0 Å². The minimum Gasteiger partial charge on any atom is -0.440 e. The predicted molar refractivity (Wildman–Crippen MR) is 114 cm³/mol. The van der Waals surface area contributed by atoms with E-state index < -0.39 is 0 Å². The molecule has 5 nitrogen and oxygen atoms in total. The summed E-state index contributed by atoms with van der Waals surface area (Å²) in [6.45, 7) is 5.90. The third-order valence-electron chi connectivity index (χ3n) is 6.39. The van der Waals surface area contributed by atoms with Crippen LogP contribution in [0.4, 0.5) is 0 Å². The first-order valence-corrected chi connectivity index (χ1v) is 10.4. The molecule has 1 fully saturated rings. The van der Waals surface area contributed by atoms with Crippen molar-refractivity contribution >= 4 is 22.0 Å². The zero-order valence-corrected chi connectivity index (χ0v) is 16.7. The Bertz CT molecular complexity index is 1360. The van der Waals surface area contributed by atoms with Crippen LogP contribution >= 0.6 is 0 Å². The standard InChI is InChI=1S/C24H23N3O2/c1-13-19(16-3-4-17-12-25-10-9-15(17)11-16)7-8-20-22(13)27(18-5-6-18)24(28)21-23(20)29-14(2)26-21/h3-4,7-8,11,18,25H,5-6,9-10,12H2,1-2H3. The normalized spacial score (nSPS) is 16.5. The van der Waals surface area contributed by atoms with Crippen molar-refractivity contribution in [1.29, 1.82) is 0 Å². The van der Waals surface area contributed by atoms with Gasteiger partial charge in [0.05, 0.1) is 5.52 Å². The maximum atomic E-state index is 13.3. The first-order chi connectivity index (χ1) is 14.1. The molecule has 2 aromatic heterocycles. The van der Waals surface area contributed by atoms with Crippen LogP contribution in [0.1, 0.15) is 41.5 Å². The number of hydrogen-bond acceptors (Lipinski definition) is 4. The summed E-state index contributed by atoms with van der Waals surface area (Å²) in [4.78, 5) is 17.6. The predicted octanol–water partition coefficient (Wildman–Crippen LogP) is 4.41. The summed E-state index contributed by atoms with van der Waals surface area (Å²) in [7, 11) is 0. The van der Waals surface area contributed by atoms with E-state index >= 15 is 0 Å². The van der Waals surface area contributed by atoms with Crippen molar-refractivity contribution in [2.75, 3.05) is 6.54 Å². The van der Waals surface area contributed by atoms with E-state index in [-0.39, 0.29) is 11.6 Å². The lowest BCUT2D eigenvalue weighted by Crippen LogP contribution is -2.23. The minimum atomic E-state index is -0.0244. The molecular formula is C24H23N3O2. The number of oxazole rings is 1. The summed E-state index contributed by atoms with van der Waals surface area (Å²) >= 11 is 0. The third-order valence-corrected chi connectivity index (χ3v) is 6.39. The summed E-state index contributed by atoms with van der Waals surface area (Å²) in [5.74, 6) is 0.539. The number of hydrogen-bond donors (Lipinski definition) is 1. The second-order valence-electron chi connectivity index (χ2n) is 8.36.